The van der Waals surface area contributed by atoms with Crippen molar-refractivity contribution in [3.8, 4) is 0 Å². The Hall–Kier alpha value is -1.58. The average Bonchev–Trinajstić information content (AvgIpc) is 2.74. The Bertz CT molecular complexity index is 432. The zero-order valence-corrected chi connectivity index (χ0v) is 11.1. The summed E-state index contributed by atoms with van der Waals surface area (Å²) >= 11 is 0. The molecular formula is C14H21N3O. The Balaban J connectivity index is 1.75. The van der Waals surface area contributed by atoms with E-state index in [2.05, 4.69) is 28.7 Å². The summed E-state index contributed by atoms with van der Waals surface area (Å²) in [4.78, 5) is 15.6. The third-order valence-electron chi connectivity index (χ3n) is 3.16. The first kappa shape index (κ1) is 12.9. The van der Waals surface area contributed by atoms with E-state index < -0.39 is 0 Å². The average molecular weight is 247 g/mol. The topological polar surface area (TPSA) is 46.9 Å². The highest BCUT2D eigenvalue weighted by atomic mass is 16.1. The fourth-order valence-electron chi connectivity index (χ4n) is 2.39. The van der Waals surface area contributed by atoms with Crippen LogP contribution in [0.4, 0.5) is 0 Å². The van der Waals surface area contributed by atoms with Crippen molar-refractivity contribution >= 4 is 5.78 Å². The molecule has 0 spiro atoms. The van der Waals surface area contributed by atoms with Gasteiger partial charge in [-0.3, -0.25) is 4.79 Å². The van der Waals surface area contributed by atoms with Crippen molar-refractivity contribution in [3.05, 3.63) is 30.5 Å². The van der Waals surface area contributed by atoms with E-state index in [9.17, 15) is 4.79 Å². The van der Waals surface area contributed by atoms with E-state index >= 15 is 0 Å². The minimum Gasteiger partial charge on any atom is -0.388 e. The highest BCUT2D eigenvalue weighted by molar-refractivity contribution is 5.91. The van der Waals surface area contributed by atoms with Crippen LogP contribution in [-0.4, -0.2) is 21.9 Å². The smallest absolute Gasteiger partial charge is 0.157 e. The normalized spacial score (nSPS) is 18.6. The van der Waals surface area contributed by atoms with Crippen LogP contribution in [0.15, 0.2) is 30.5 Å². The van der Waals surface area contributed by atoms with Gasteiger partial charge in [-0.2, -0.15) is 0 Å². The maximum atomic E-state index is 11.6. The molecule has 0 radical (unpaired) electrons. The number of aromatic nitrogens is 2. The SMILES string of the molecule is CC1(C)CC(=O)C=C(NCCCn2ccnc2)C1. The summed E-state index contributed by atoms with van der Waals surface area (Å²) in [6, 6.07) is 0. The van der Waals surface area contributed by atoms with E-state index in [1.807, 2.05) is 12.5 Å². The Morgan fingerprint density at radius 3 is 2.94 bits per heavy atom. The largest absolute Gasteiger partial charge is 0.388 e. The number of rotatable bonds is 5. The Morgan fingerprint density at radius 1 is 1.44 bits per heavy atom. The summed E-state index contributed by atoms with van der Waals surface area (Å²) in [6.07, 6.45) is 10.00. The number of carbonyl (C=O) groups is 1. The van der Waals surface area contributed by atoms with Gasteiger partial charge in [0.15, 0.2) is 5.78 Å². The molecule has 0 amide bonds. The van der Waals surface area contributed by atoms with Crippen molar-refractivity contribution in [2.45, 2.75) is 39.7 Å². The number of hydrogen-bond donors (Lipinski definition) is 1. The lowest BCUT2D eigenvalue weighted by Gasteiger charge is -2.29. The lowest BCUT2D eigenvalue weighted by atomic mass is 9.79. The molecule has 0 saturated heterocycles. The van der Waals surface area contributed by atoms with Crippen molar-refractivity contribution in [1.82, 2.24) is 14.9 Å². The minimum absolute atomic E-state index is 0.0957. The summed E-state index contributed by atoms with van der Waals surface area (Å²) in [5, 5.41) is 3.38. The van der Waals surface area contributed by atoms with Crippen LogP contribution in [0.1, 0.15) is 33.1 Å². The van der Waals surface area contributed by atoms with Crippen LogP contribution in [0.3, 0.4) is 0 Å². The zero-order valence-electron chi connectivity index (χ0n) is 11.1. The molecule has 2 rings (SSSR count). The highest BCUT2D eigenvalue weighted by Crippen LogP contribution is 2.32. The molecule has 1 aromatic rings. The van der Waals surface area contributed by atoms with E-state index in [-0.39, 0.29) is 11.2 Å². The molecule has 0 bridgehead atoms. The van der Waals surface area contributed by atoms with Crippen molar-refractivity contribution in [3.63, 3.8) is 0 Å². The van der Waals surface area contributed by atoms with Crippen LogP contribution >= 0.6 is 0 Å². The van der Waals surface area contributed by atoms with E-state index in [0.29, 0.717) is 6.42 Å². The predicted molar refractivity (Wildman–Crippen MR) is 71.0 cm³/mol. The number of ketones is 1. The number of nitrogens with zero attached hydrogens (tertiary/aromatic N) is 2. The lowest BCUT2D eigenvalue weighted by Crippen LogP contribution is -2.28. The van der Waals surface area contributed by atoms with Gasteiger partial charge in [-0.25, -0.2) is 4.98 Å². The molecule has 18 heavy (non-hydrogen) atoms. The van der Waals surface area contributed by atoms with Crippen LogP contribution in [0.2, 0.25) is 0 Å². The molecule has 0 unspecified atom stereocenters. The van der Waals surface area contributed by atoms with E-state index in [1.54, 1.807) is 12.3 Å². The number of aryl methyl sites for hydroxylation is 1. The summed E-state index contributed by atoms with van der Waals surface area (Å²) in [6.45, 7) is 6.14. The third-order valence-corrected chi connectivity index (χ3v) is 3.16. The number of carbonyl (C=O) groups excluding carboxylic acids is 1. The van der Waals surface area contributed by atoms with Gasteiger partial charge in [-0.05, 0) is 18.3 Å². The summed E-state index contributed by atoms with van der Waals surface area (Å²) in [5.74, 6) is 0.239. The van der Waals surface area contributed by atoms with Gasteiger partial charge in [0.05, 0.1) is 6.33 Å². The molecule has 1 N–H and O–H groups in total. The van der Waals surface area contributed by atoms with Gasteiger partial charge in [-0.15, -0.1) is 0 Å². The number of hydrogen-bond acceptors (Lipinski definition) is 3. The van der Waals surface area contributed by atoms with Crippen LogP contribution < -0.4 is 5.32 Å². The van der Waals surface area contributed by atoms with E-state index in [1.165, 1.54) is 0 Å². The molecule has 0 aliphatic heterocycles. The maximum Gasteiger partial charge on any atom is 0.157 e. The van der Waals surface area contributed by atoms with Gasteiger partial charge in [0.1, 0.15) is 0 Å². The molecule has 98 valence electrons. The van der Waals surface area contributed by atoms with E-state index in [0.717, 1.165) is 31.6 Å². The molecule has 1 aromatic heterocycles. The predicted octanol–water partition coefficient (Wildman–Crippen LogP) is 2.14. The molecule has 1 aliphatic carbocycles. The van der Waals surface area contributed by atoms with Crippen LogP contribution in [-0.2, 0) is 11.3 Å². The number of nitrogens with one attached hydrogen (secondary N) is 1. The summed E-state index contributed by atoms with van der Waals surface area (Å²) in [7, 11) is 0. The second kappa shape index (κ2) is 5.38. The molecule has 1 aliphatic rings. The highest BCUT2D eigenvalue weighted by Gasteiger charge is 2.27. The first-order valence-electron chi connectivity index (χ1n) is 6.48. The van der Waals surface area contributed by atoms with E-state index in [4.69, 9.17) is 0 Å². The minimum atomic E-state index is 0.0957. The first-order chi connectivity index (χ1) is 8.55. The van der Waals surface area contributed by atoms with Crippen molar-refractivity contribution in [2.24, 2.45) is 5.41 Å². The summed E-state index contributed by atoms with van der Waals surface area (Å²) in [5.41, 5.74) is 1.18. The molecule has 0 aromatic carbocycles. The quantitative estimate of drug-likeness (QED) is 0.811. The lowest BCUT2D eigenvalue weighted by molar-refractivity contribution is -0.117. The van der Waals surface area contributed by atoms with Gasteiger partial charge in [0, 0.05) is 43.7 Å². The fraction of sp³-hybridized carbons (Fsp3) is 0.571. The van der Waals surface area contributed by atoms with Gasteiger partial charge < -0.3 is 9.88 Å². The molecule has 0 fully saturated rings. The second-order valence-electron chi connectivity index (χ2n) is 5.73. The van der Waals surface area contributed by atoms with Crippen LogP contribution in [0.5, 0.6) is 0 Å². The van der Waals surface area contributed by atoms with Crippen molar-refractivity contribution in [2.75, 3.05) is 6.54 Å². The van der Waals surface area contributed by atoms with Gasteiger partial charge in [-0.1, -0.05) is 13.8 Å². The molecule has 0 saturated carbocycles. The van der Waals surface area contributed by atoms with Gasteiger partial charge in [0.25, 0.3) is 0 Å². The Labute approximate surface area is 108 Å². The Morgan fingerprint density at radius 2 is 2.28 bits per heavy atom. The standard InChI is InChI=1S/C14H21N3O/c1-14(2)9-12(8-13(18)10-14)16-4-3-6-17-7-5-15-11-17/h5,7-8,11,16H,3-4,6,9-10H2,1-2H3. The van der Waals surface area contributed by atoms with Crippen molar-refractivity contribution < 1.29 is 4.79 Å². The fourth-order valence-corrected chi connectivity index (χ4v) is 2.39. The molecule has 1 heterocycles. The number of allylic oxidation sites excluding steroid dienone is 2. The zero-order chi connectivity index (χ0) is 13.0. The molecule has 4 nitrogen and oxygen atoms in total. The maximum absolute atomic E-state index is 11.6. The first-order valence-corrected chi connectivity index (χ1v) is 6.48. The second-order valence-corrected chi connectivity index (χ2v) is 5.73. The van der Waals surface area contributed by atoms with Crippen LogP contribution in [0.25, 0.3) is 0 Å². The Kier molecular flexibility index (Phi) is 3.84. The molecule has 0 atom stereocenters. The summed E-state index contributed by atoms with van der Waals surface area (Å²) < 4.78 is 2.06. The van der Waals surface area contributed by atoms with Gasteiger partial charge in [0.2, 0.25) is 0 Å². The third kappa shape index (κ3) is 3.72. The van der Waals surface area contributed by atoms with Gasteiger partial charge >= 0.3 is 0 Å². The molecular weight excluding hydrogens is 226 g/mol. The monoisotopic (exact) mass is 247 g/mol. The number of imidazole rings is 1. The van der Waals surface area contributed by atoms with Crippen LogP contribution in [0, 0.1) is 5.41 Å². The molecule has 4 heteroatoms. The van der Waals surface area contributed by atoms with Crippen molar-refractivity contribution in [1.29, 1.82) is 0 Å².